The number of likely N-dealkylation sites (tertiary alicyclic amines) is 1. The van der Waals surface area contributed by atoms with Crippen molar-refractivity contribution in [1.82, 2.24) is 9.62 Å². The standard InChI is InChI=1S/C23H24F4N2O3S/c1-2-33(31)28-21-18(29(13-23(21,26)27)22(30)19-9-10-32-19)12-15-6-4-8-17(20(15)25)14-5-3-7-16(24)11-14/h3-8,11,18-19,21,28H,2,9-10,12-13H2,1H3/t18-,19-,21+,33?/m0/s1. The molecule has 2 aliphatic heterocycles. The summed E-state index contributed by atoms with van der Waals surface area (Å²) >= 11 is -1.75. The summed E-state index contributed by atoms with van der Waals surface area (Å²) in [5, 5.41) is 0. The molecule has 0 aliphatic carbocycles. The van der Waals surface area contributed by atoms with Crippen molar-refractivity contribution in [3.8, 4) is 11.1 Å². The molecular formula is C23H24F4N2O3S. The van der Waals surface area contributed by atoms with Gasteiger partial charge in [-0.2, -0.15) is 0 Å². The predicted molar refractivity (Wildman–Crippen MR) is 116 cm³/mol. The highest BCUT2D eigenvalue weighted by Crippen LogP contribution is 2.37. The Bertz CT molecular complexity index is 1020. The number of amides is 1. The number of carbonyl (C=O) groups is 1. The SMILES string of the molecule is CC[S+]([O-])N[C@@H]1[C@H](Cc2cccc(-c3cccc(F)c3)c2F)N(C(=O)[C@@H]2CCO2)CC1(F)F. The Morgan fingerprint density at radius 1 is 1.27 bits per heavy atom. The quantitative estimate of drug-likeness (QED) is 0.483. The molecule has 0 bridgehead atoms. The van der Waals surface area contributed by atoms with Gasteiger partial charge in [0.1, 0.15) is 29.5 Å². The van der Waals surface area contributed by atoms with Gasteiger partial charge in [0.05, 0.1) is 19.2 Å². The fourth-order valence-electron chi connectivity index (χ4n) is 4.22. The van der Waals surface area contributed by atoms with Crippen molar-refractivity contribution in [1.29, 1.82) is 0 Å². The van der Waals surface area contributed by atoms with Gasteiger partial charge >= 0.3 is 0 Å². The lowest BCUT2D eigenvalue weighted by atomic mass is 9.95. The Hall–Kier alpha value is -2.14. The van der Waals surface area contributed by atoms with Crippen molar-refractivity contribution < 1.29 is 31.6 Å². The number of alkyl halides is 2. The highest BCUT2D eigenvalue weighted by Gasteiger charge is 2.58. The largest absolute Gasteiger partial charge is 0.598 e. The van der Waals surface area contributed by atoms with Crippen LogP contribution in [0.5, 0.6) is 0 Å². The number of benzene rings is 2. The summed E-state index contributed by atoms with van der Waals surface area (Å²) in [5.41, 5.74) is 0.531. The molecule has 2 aromatic carbocycles. The van der Waals surface area contributed by atoms with Crippen LogP contribution in [0, 0.1) is 11.6 Å². The average molecular weight is 485 g/mol. The number of hydrogen-bond acceptors (Lipinski definition) is 4. The van der Waals surface area contributed by atoms with E-state index < -0.39 is 59.6 Å². The number of halogens is 4. The molecule has 0 radical (unpaired) electrons. The number of hydrogen-bond donors (Lipinski definition) is 1. The van der Waals surface area contributed by atoms with Gasteiger partial charge in [-0.1, -0.05) is 30.3 Å². The number of rotatable bonds is 7. The normalized spacial score (nSPS) is 25.0. The Morgan fingerprint density at radius 2 is 2.00 bits per heavy atom. The average Bonchev–Trinajstić information content (AvgIpc) is 2.98. The first kappa shape index (κ1) is 24.0. The maximum absolute atomic E-state index is 15.4. The van der Waals surface area contributed by atoms with Gasteiger partial charge in [0, 0.05) is 23.3 Å². The summed E-state index contributed by atoms with van der Waals surface area (Å²) in [4.78, 5) is 13.9. The van der Waals surface area contributed by atoms with Crippen molar-refractivity contribution in [3.63, 3.8) is 0 Å². The summed E-state index contributed by atoms with van der Waals surface area (Å²) in [5.74, 6) is -5.06. The molecular weight excluding hydrogens is 460 g/mol. The summed E-state index contributed by atoms with van der Waals surface area (Å²) in [6.07, 6.45) is -0.611. The molecule has 2 saturated heterocycles. The molecule has 10 heteroatoms. The molecule has 2 heterocycles. The first-order valence-corrected chi connectivity index (χ1v) is 12.0. The summed E-state index contributed by atoms with van der Waals surface area (Å²) < 4.78 is 78.8. The second-order valence-electron chi connectivity index (χ2n) is 8.17. The molecule has 1 unspecified atom stereocenters. The monoisotopic (exact) mass is 484 g/mol. The van der Waals surface area contributed by atoms with E-state index in [4.69, 9.17) is 4.74 Å². The second-order valence-corrected chi connectivity index (χ2v) is 9.67. The van der Waals surface area contributed by atoms with Gasteiger partial charge in [-0.3, -0.25) is 4.79 Å². The van der Waals surface area contributed by atoms with Crippen LogP contribution >= 0.6 is 0 Å². The topological polar surface area (TPSA) is 64.6 Å². The van der Waals surface area contributed by atoms with Crippen LogP contribution in [0.2, 0.25) is 0 Å². The number of nitrogens with zero attached hydrogens (tertiary/aromatic N) is 1. The Labute approximate surface area is 192 Å². The molecule has 4 rings (SSSR count). The fourth-order valence-corrected chi connectivity index (χ4v) is 5.00. The van der Waals surface area contributed by atoms with Crippen LogP contribution in [0.4, 0.5) is 17.6 Å². The molecule has 2 aromatic rings. The van der Waals surface area contributed by atoms with Gasteiger partial charge < -0.3 is 14.2 Å². The van der Waals surface area contributed by atoms with E-state index in [1.807, 2.05) is 0 Å². The first-order chi connectivity index (χ1) is 15.7. The maximum atomic E-state index is 15.4. The Kier molecular flexibility index (Phi) is 6.99. The van der Waals surface area contributed by atoms with E-state index in [0.29, 0.717) is 18.6 Å². The number of nitrogens with one attached hydrogen (secondary N) is 1. The zero-order valence-corrected chi connectivity index (χ0v) is 18.7. The van der Waals surface area contributed by atoms with Gasteiger partial charge in [-0.25, -0.2) is 17.6 Å². The van der Waals surface area contributed by atoms with Crippen molar-refractivity contribution in [2.75, 3.05) is 18.9 Å². The van der Waals surface area contributed by atoms with Gasteiger partial charge in [0.25, 0.3) is 11.8 Å². The van der Waals surface area contributed by atoms with Gasteiger partial charge in [0.2, 0.25) is 0 Å². The molecule has 5 nitrogen and oxygen atoms in total. The van der Waals surface area contributed by atoms with E-state index in [2.05, 4.69) is 4.72 Å². The molecule has 1 N–H and O–H groups in total. The lowest BCUT2D eigenvalue weighted by molar-refractivity contribution is -0.158. The molecule has 0 saturated carbocycles. The minimum absolute atomic E-state index is 0.0980. The fraction of sp³-hybridized carbons (Fsp3) is 0.435. The van der Waals surface area contributed by atoms with Gasteiger partial charge in [0.15, 0.2) is 0 Å². The molecule has 178 valence electrons. The second kappa shape index (κ2) is 9.61. The predicted octanol–water partition coefficient (Wildman–Crippen LogP) is 3.45. The van der Waals surface area contributed by atoms with Gasteiger partial charge in [-0.15, -0.1) is 4.72 Å². The zero-order valence-electron chi connectivity index (χ0n) is 17.9. The van der Waals surface area contributed by atoms with E-state index in [1.165, 1.54) is 30.3 Å². The third-order valence-corrected chi connectivity index (χ3v) is 7.08. The highest BCUT2D eigenvalue weighted by molar-refractivity contribution is 7.89. The van der Waals surface area contributed by atoms with Crippen LogP contribution in [0.3, 0.4) is 0 Å². The van der Waals surface area contributed by atoms with Crippen LogP contribution in [0.15, 0.2) is 42.5 Å². The Morgan fingerprint density at radius 3 is 2.64 bits per heavy atom. The molecule has 2 fully saturated rings. The highest BCUT2D eigenvalue weighted by atomic mass is 32.2. The zero-order chi connectivity index (χ0) is 23.8. The van der Waals surface area contributed by atoms with Crippen molar-refractivity contribution in [2.24, 2.45) is 0 Å². The maximum Gasteiger partial charge on any atom is 0.286 e. The van der Waals surface area contributed by atoms with Crippen LogP contribution in [-0.4, -0.2) is 58.4 Å². The van der Waals surface area contributed by atoms with Crippen LogP contribution in [0.1, 0.15) is 18.9 Å². The van der Waals surface area contributed by atoms with E-state index in [9.17, 15) is 22.5 Å². The lowest BCUT2D eigenvalue weighted by Crippen LogP contribution is -2.54. The van der Waals surface area contributed by atoms with Crippen LogP contribution in [0.25, 0.3) is 11.1 Å². The minimum atomic E-state index is -3.37. The molecule has 1 amide bonds. The molecule has 33 heavy (non-hydrogen) atoms. The third kappa shape index (κ3) is 4.89. The first-order valence-electron chi connectivity index (χ1n) is 10.7. The van der Waals surface area contributed by atoms with Crippen LogP contribution < -0.4 is 4.72 Å². The lowest BCUT2D eigenvalue weighted by Gasteiger charge is -2.33. The smallest absolute Gasteiger partial charge is 0.286 e. The molecule has 0 aromatic heterocycles. The Balaban J connectivity index is 1.68. The summed E-state index contributed by atoms with van der Waals surface area (Å²) in [7, 11) is 0. The molecule has 0 spiro atoms. The van der Waals surface area contributed by atoms with E-state index in [1.54, 1.807) is 19.1 Å². The van der Waals surface area contributed by atoms with Crippen molar-refractivity contribution >= 4 is 17.3 Å². The minimum Gasteiger partial charge on any atom is -0.598 e. The summed E-state index contributed by atoms with van der Waals surface area (Å²) in [6, 6.07) is 7.13. The van der Waals surface area contributed by atoms with E-state index >= 15 is 4.39 Å². The van der Waals surface area contributed by atoms with Crippen LogP contribution in [-0.2, 0) is 27.3 Å². The third-order valence-electron chi connectivity index (χ3n) is 6.04. The molecule has 2 aliphatic rings. The van der Waals surface area contributed by atoms with E-state index in [0.717, 1.165) is 4.90 Å². The number of ether oxygens (including phenoxy) is 1. The van der Waals surface area contributed by atoms with Gasteiger partial charge in [-0.05, 0) is 36.6 Å². The van der Waals surface area contributed by atoms with Crippen molar-refractivity contribution in [3.05, 3.63) is 59.7 Å². The van der Waals surface area contributed by atoms with Crippen molar-refractivity contribution in [2.45, 2.75) is 43.9 Å². The number of carbonyl (C=O) groups excluding carboxylic acids is 1. The summed E-state index contributed by atoms with van der Waals surface area (Å²) in [6.45, 7) is 1.08. The van der Waals surface area contributed by atoms with E-state index in [-0.39, 0.29) is 23.3 Å². The molecule has 4 atom stereocenters.